The number of hydrogen-bond donors (Lipinski definition) is 2. The fraction of sp³-hybridized carbons (Fsp3) is 0.130. The van der Waals surface area contributed by atoms with Gasteiger partial charge < -0.3 is 15.4 Å². The summed E-state index contributed by atoms with van der Waals surface area (Å²) in [6.45, 7) is -0.218. The van der Waals surface area contributed by atoms with Crippen molar-refractivity contribution in [3.8, 4) is 5.75 Å². The van der Waals surface area contributed by atoms with Gasteiger partial charge in [-0.15, -0.1) is 0 Å². The van der Waals surface area contributed by atoms with Gasteiger partial charge >= 0.3 is 0 Å². The molecule has 0 atom stereocenters. The Labute approximate surface area is 186 Å². The minimum atomic E-state index is -3.87. The van der Waals surface area contributed by atoms with Crippen LogP contribution in [0.25, 0.3) is 0 Å². The number of nitrogens with one attached hydrogen (secondary N) is 2. The number of benzene rings is 3. The van der Waals surface area contributed by atoms with Gasteiger partial charge in [-0.2, -0.15) is 0 Å². The lowest BCUT2D eigenvalue weighted by molar-refractivity contribution is -0.115. The second-order valence-corrected chi connectivity index (χ2v) is 8.73. The van der Waals surface area contributed by atoms with Gasteiger partial charge in [-0.1, -0.05) is 30.3 Å². The molecule has 0 aromatic heterocycles. The summed E-state index contributed by atoms with van der Waals surface area (Å²) in [5, 5.41) is 5.18. The predicted molar refractivity (Wildman–Crippen MR) is 122 cm³/mol. The molecule has 3 aromatic rings. The molecule has 2 N–H and O–H groups in total. The highest BCUT2D eigenvalue weighted by molar-refractivity contribution is 7.92. The maximum atomic E-state index is 13.0. The zero-order valence-corrected chi connectivity index (χ0v) is 18.4. The quantitative estimate of drug-likeness (QED) is 0.546. The summed E-state index contributed by atoms with van der Waals surface area (Å²) in [6.07, 6.45) is 0. The zero-order chi connectivity index (χ0) is 23.1. The zero-order valence-electron chi connectivity index (χ0n) is 17.6. The molecule has 9 heteroatoms. The highest BCUT2D eigenvalue weighted by atomic mass is 32.2. The molecule has 8 nitrogen and oxygen atoms in total. The number of hydrogen-bond acceptors (Lipinski definition) is 5. The molecule has 0 aliphatic carbocycles. The number of sulfonamides is 1. The molecule has 2 amide bonds. The molecule has 0 fully saturated rings. The predicted octanol–water partition coefficient (Wildman–Crippen LogP) is 2.89. The Morgan fingerprint density at radius 1 is 0.906 bits per heavy atom. The van der Waals surface area contributed by atoms with E-state index in [2.05, 4.69) is 10.6 Å². The summed E-state index contributed by atoms with van der Waals surface area (Å²) in [5.74, 6) is -0.444. The summed E-state index contributed by atoms with van der Waals surface area (Å²) in [7, 11) is -0.975. The molecule has 0 unspecified atom stereocenters. The topological polar surface area (TPSA) is 105 Å². The molecule has 166 valence electrons. The van der Waals surface area contributed by atoms with E-state index in [4.69, 9.17) is 4.74 Å². The van der Waals surface area contributed by atoms with E-state index in [0.29, 0.717) is 17.1 Å². The number of para-hydroxylation sites is 3. The molecule has 0 saturated heterocycles. The first kappa shape index (κ1) is 22.8. The number of rotatable bonds is 8. The van der Waals surface area contributed by atoms with Crippen LogP contribution in [0.4, 0.5) is 11.4 Å². The van der Waals surface area contributed by atoms with Crippen molar-refractivity contribution in [1.29, 1.82) is 0 Å². The van der Waals surface area contributed by atoms with Gasteiger partial charge in [0.15, 0.2) is 0 Å². The second kappa shape index (κ2) is 9.97. The summed E-state index contributed by atoms with van der Waals surface area (Å²) >= 11 is 0. The number of nitrogens with zero attached hydrogens (tertiary/aromatic N) is 1. The van der Waals surface area contributed by atoms with E-state index < -0.39 is 15.9 Å². The molecule has 0 aliphatic heterocycles. The van der Waals surface area contributed by atoms with Crippen LogP contribution < -0.4 is 19.7 Å². The van der Waals surface area contributed by atoms with Gasteiger partial charge in [0.25, 0.3) is 15.9 Å². The Bertz CT molecular complexity index is 1200. The van der Waals surface area contributed by atoms with Crippen LogP contribution in [-0.4, -0.2) is 40.9 Å². The minimum absolute atomic E-state index is 0.0178. The van der Waals surface area contributed by atoms with E-state index in [1.165, 1.54) is 38.4 Å². The summed E-state index contributed by atoms with van der Waals surface area (Å²) in [4.78, 5) is 24.3. The molecule has 0 heterocycles. The van der Waals surface area contributed by atoms with Crippen molar-refractivity contribution in [3.05, 3.63) is 84.4 Å². The molecule has 0 radical (unpaired) electrons. The fourth-order valence-corrected chi connectivity index (χ4v) is 4.15. The molecular formula is C23H23N3O5S. The van der Waals surface area contributed by atoms with Crippen molar-refractivity contribution in [3.63, 3.8) is 0 Å². The molecule has 0 saturated carbocycles. The van der Waals surface area contributed by atoms with Crippen LogP contribution in [0.3, 0.4) is 0 Å². The third-order valence-electron chi connectivity index (χ3n) is 4.67. The van der Waals surface area contributed by atoms with Crippen LogP contribution in [0.15, 0.2) is 83.8 Å². The number of anilines is 2. The van der Waals surface area contributed by atoms with Crippen molar-refractivity contribution in [2.45, 2.75) is 4.90 Å². The maximum Gasteiger partial charge on any atom is 0.264 e. The van der Waals surface area contributed by atoms with Gasteiger partial charge in [-0.25, -0.2) is 8.42 Å². The molecule has 3 aromatic carbocycles. The molecule has 3 rings (SSSR count). The monoisotopic (exact) mass is 453 g/mol. The van der Waals surface area contributed by atoms with Crippen LogP contribution in [0, 0.1) is 0 Å². The lowest BCUT2D eigenvalue weighted by atomic mass is 10.2. The van der Waals surface area contributed by atoms with Crippen molar-refractivity contribution in [2.75, 3.05) is 30.3 Å². The van der Waals surface area contributed by atoms with Crippen molar-refractivity contribution >= 4 is 33.2 Å². The number of ether oxygens (including phenoxy) is 1. The van der Waals surface area contributed by atoms with Crippen LogP contribution >= 0.6 is 0 Å². The third-order valence-corrected chi connectivity index (χ3v) is 6.45. The van der Waals surface area contributed by atoms with Gasteiger partial charge in [0.05, 0.1) is 24.2 Å². The largest absolute Gasteiger partial charge is 0.495 e. The number of carbonyl (C=O) groups excluding carboxylic acids is 2. The smallest absolute Gasteiger partial charge is 0.264 e. The van der Waals surface area contributed by atoms with E-state index in [0.717, 1.165) is 4.31 Å². The summed E-state index contributed by atoms with van der Waals surface area (Å²) < 4.78 is 32.3. The molecular weight excluding hydrogens is 430 g/mol. The fourth-order valence-electron chi connectivity index (χ4n) is 2.95. The normalized spacial score (nSPS) is 10.8. The lowest BCUT2D eigenvalue weighted by Crippen LogP contribution is -2.33. The number of carbonyl (C=O) groups is 2. The van der Waals surface area contributed by atoms with E-state index >= 15 is 0 Å². The van der Waals surface area contributed by atoms with Crippen LogP contribution in [0.2, 0.25) is 0 Å². The van der Waals surface area contributed by atoms with Crippen LogP contribution in [-0.2, 0) is 14.8 Å². The standard InChI is InChI=1S/C23H23N3O5S/c1-26(20-10-6-7-11-21(20)31-2)32(29,30)19-14-12-17(13-15-19)23(28)24-16-22(27)25-18-8-4-3-5-9-18/h3-15H,16H2,1-2H3,(H,24,28)(H,25,27). The first-order valence-corrected chi connectivity index (χ1v) is 11.1. The average molecular weight is 454 g/mol. The SMILES string of the molecule is COc1ccccc1N(C)S(=O)(=O)c1ccc(C(=O)NCC(=O)Nc2ccccc2)cc1. The second-order valence-electron chi connectivity index (χ2n) is 6.77. The Morgan fingerprint density at radius 3 is 2.19 bits per heavy atom. The average Bonchev–Trinajstić information content (AvgIpc) is 2.82. The van der Waals surface area contributed by atoms with E-state index in [1.807, 2.05) is 6.07 Å². The van der Waals surface area contributed by atoms with Gasteiger partial charge in [-0.3, -0.25) is 13.9 Å². The Morgan fingerprint density at radius 2 is 1.53 bits per heavy atom. The number of methoxy groups -OCH3 is 1. The maximum absolute atomic E-state index is 13.0. The Kier molecular flexibility index (Phi) is 7.11. The lowest BCUT2D eigenvalue weighted by Gasteiger charge is -2.21. The third kappa shape index (κ3) is 5.25. The first-order valence-electron chi connectivity index (χ1n) is 9.68. The summed E-state index contributed by atoms with van der Waals surface area (Å²) in [5.41, 5.74) is 1.25. The van der Waals surface area contributed by atoms with Gasteiger partial charge in [-0.05, 0) is 48.5 Å². The highest BCUT2D eigenvalue weighted by Gasteiger charge is 2.24. The molecule has 0 aliphatic rings. The Hall–Kier alpha value is -3.85. The van der Waals surface area contributed by atoms with Gasteiger partial charge in [0.2, 0.25) is 5.91 Å². The van der Waals surface area contributed by atoms with Crippen LogP contribution in [0.5, 0.6) is 5.75 Å². The van der Waals surface area contributed by atoms with Gasteiger partial charge in [0.1, 0.15) is 5.75 Å². The molecule has 32 heavy (non-hydrogen) atoms. The molecule has 0 spiro atoms. The molecule has 0 bridgehead atoms. The Balaban J connectivity index is 1.65. The minimum Gasteiger partial charge on any atom is -0.495 e. The number of amides is 2. The van der Waals surface area contributed by atoms with Gasteiger partial charge in [0, 0.05) is 18.3 Å². The first-order chi connectivity index (χ1) is 15.3. The van der Waals surface area contributed by atoms with E-state index in [1.54, 1.807) is 48.5 Å². The van der Waals surface area contributed by atoms with Crippen molar-refractivity contribution < 1.29 is 22.7 Å². The van der Waals surface area contributed by atoms with Crippen molar-refractivity contribution in [1.82, 2.24) is 5.32 Å². The highest BCUT2D eigenvalue weighted by Crippen LogP contribution is 2.30. The van der Waals surface area contributed by atoms with E-state index in [9.17, 15) is 18.0 Å². The summed E-state index contributed by atoms with van der Waals surface area (Å²) in [6, 6.07) is 21.1. The van der Waals surface area contributed by atoms with Crippen molar-refractivity contribution in [2.24, 2.45) is 0 Å². The van der Waals surface area contributed by atoms with Crippen LogP contribution in [0.1, 0.15) is 10.4 Å². The van der Waals surface area contributed by atoms with E-state index in [-0.39, 0.29) is 22.9 Å².